The molecule has 2 N–H and O–H groups in total. The summed E-state index contributed by atoms with van der Waals surface area (Å²) in [5, 5.41) is 1.21. The number of ether oxygens (including phenoxy) is 1. The van der Waals surface area contributed by atoms with Gasteiger partial charge in [0.25, 0.3) is 0 Å². The molecule has 0 spiro atoms. The van der Waals surface area contributed by atoms with Gasteiger partial charge in [-0.05, 0) is 25.0 Å². The van der Waals surface area contributed by atoms with Crippen molar-refractivity contribution in [2.24, 2.45) is 0 Å². The van der Waals surface area contributed by atoms with E-state index < -0.39 is 0 Å². The second kappa shape index (κ2) is 5.03. The van der Waals surface area contributed by atoms with Gasteiger partial charge in [0, 0.05) is 31.8 Å². The Labute approximate surface area is 95.8 Å². The predicted molar refractivity (Wildman–Crippen MR) is 67.5 cm³/mol. The van der Waals surface area contributed by atoms with E-state index in [2.05, 4.69) is 22.9 Å². The highest BCUT2D eigenvalue weighted by Gasteiger charge is 2.03. The summed E-state index contributed by atoms with van der Waals surface area (Å²) in [4.78, 5) is 0. The Morgan fingerprint density at radius 3 is 2.94 bits per heavy atom. The molecule has 1 aromatic heterocycles. The summed E-state index contributed by atoms with van der Waals surface area (Å²) in [6.07, 6.45) is 4.31. The number of aromatic nitrogens is 1. The summed E-state index contributed by atoms with van der Waals surface area (Å²) < 4.78 is 7.26. The molecule has 0 aliphatic rings. The molecule has 0 amide bonds. The third-order valence-corrected chi connectivity index (χ3v) is 2.82. The Morgan fingerprint density at radius 1 is 1.25 bits per heavy atom. The summed E-state index contributed by atoms with van der Waals surface area (Å²) >= 11 is 0. The molecule has 0 unspecified atom stereocenters. The van der Waals surface area contributed by atoms with Crippen LogP contribution in [-0.2, 0) is 11.3 Å². The van der Waals surface area contributed by atoms with Crippen LogP contribution in [0.25, 0.3) is 10.9 Å². The molecule has 1 heterocycles. The second-order valence-corrected chi connectivity index (χ2v) is 3.99. The number of nitrogens with zero attached hydrogens (tertiary/aromatic N) is 1. The number of benzene rings is 1. The summed E-state index contributed by atoms with van der Waals surface area (Å²) in [5.41, 5.74) is 7.99. The predicted octanol–water partition coefficient (Wildman–Crippen LogP) is 2.65. The lowest BCUT2D eigenvalue weighted by molar-refractivity contribution is 0.191. The minimum Gasteiger partial charge on any atom is -0.397 e. The number of hydrogen-bond acceptors (Lipinski definition) is 2. The highest BCUT2D eigenvalue weighted by atomic mass is 16.5. The van der Waals surface area contributed by atoms with Crippen molar-refractivity contribution in [3.63, 3.8) is 0 Å². The minimum atomic E-state index is 0.828. The summed E-state index contributed by atoms with van der Waals surface area (Å²) in [7, 11) is 1.74. The number of nitrogen functional groups attached to an aromatic ring is 1. The molecule has 0 bridgehead atoms. The van der Waals surface area contributed by atoms with Crippen LogP contribution in [0.4, 0.5) is 5.69 Å². The Bertz CT molecular complexity index is 462. The number of para-hydroxylation sites is 1. The largest absolute Gasteiger partial charge is 0.397 e. The van der Waals surface area contributed by atoms with E-state index in [0.29, 0.717) is 0 Å². The van der Waals surface area contributed by atoms with E-state index in [1.54, 1.807) is 7.11 Å². The van der Waals surface area contributed by atoms with Crippen LogP contribution in [0, 0.1) is 0 Å². The molecule has 16 heavy (non-hydrogen) atoms. The summed E-state index contributed by atoms with van der Waals surface area (Å²) in [5.74, 6) is 0. The Morgan fingerprint density at radius 2 is 2.12 bits per heavy atom. The standard InChI is InChI=1S/C13H18N2O/c1-16-10-3-2-8-15-9-7-11-5-4-6-12(14)13(11)15/h4-7,9H,2-3,8,10,14H2,1H3. The van der Waals surface area contributed by atoms with Crippen LogP contribution in [-0.4, -0.2) is 18.3 Å². The first-order valence-corrected chi connectivity index (χ1v) is 5.65. The van der Waals surface area contributed by atoms with Gasteiger partial charge in [-0.2, -0.15) is 0 Å². The van der Waals surface area contributed by atoms with Gasteiger partial charge in [0.2, 0.25) is 0 Å². The number of fused-ring (bicyclic) bond motifs is 1. The Hall–Kier alpha value is -1.48. The van der Waals surface area contributed by atoms with Crippen molar-refractivity contribution < 1.29 is 4.74 Å². The van der Waals surface area contributed by atoms with Crippen LogP contribution in [0.5, 0.6) is 0 Å². The summed E-state index contributed by atoms with van der Waals surface area (Å²) in [6, 6.07) is 8.15. The molecule has 0 aliphatic heterocycles. The van der Waals surface area contributed by atoms with Crippen molar-refractivity contribution in [2.45, 2.75) is 19.4 Å². The first kappa shape index (κ1) is 11.0. The van der Waals surface area contributed by atoms with Crippen LogP contribution in [0.3, 0.4) is 0 Å². The van der Waals surface area contributed by atoms with E-state index in [1.165, 1.54) is 5.39 Å². The number of aryl methyl sites for hydroxylation is 1. The van der Waals surface area contributed by atoms with E-state index in [0.717, 1.165) is 37.2 Å². The van der Waals surface area contributed by atoms with E-state index >= 15 is 0 Å². The average molecular weight is 218 g/mol. The molecule has 3 nitrogen and oxygen atoms in total. The maximum atomic E-state index is 5.99. The first-order chi connectivity index (χ1) is 7.83. The highest BCUT2D eigenvalue weighted by Crippen LogP contribution is 2.22. The monoisotopic (exact) mass is 218 g/mol. The van der Waals surface area contributed by atoms with Crippen LogP contribution < -0.4 is 5.73 Å². The van der Waals surface area contributed by atoms with Crippen LogP contribution in [0.2, 0.25) is 0 Å². The van der Waals surface area contributed by atoms with Crippen molar-refractivity contribution in [2.75, 3.05) is 19.5 Å². The number of hydrogen-bond donors (Lipinski definition) is 1. The summed E-state index contributed by atoms with van der Waals surface area (Å²) in [6.45, 7) is 1.83. The SMILES string of the molecule is COCCCCn1ccc2cccc(N)c21. The van der Waals surface area contributed by atoms with Crippen LogP contribution in [0.15, 0.2) is 30.5 Å². The van der Waals surface area contributed by atoms with Gasteiger partial charge in [-0.25, -0.2) is 0 Å². The van der Waals surface area contributed by atoms with E-state index in [4.69, 9.17) is 10.5 Å². The van der Waals surface area contributed by atoms with Crippen LogP contribution >= 0.6 is 0 Å². The molecule has 0 radical (unpaired) electrons. The van der Waals surface area contributed by atoms with E-state index in [-0.39, 0.29) is 0 Å². The number of anilines is 1. The third-order valence-electron chi connectivity index (χ3n) is 2.82. The molecular weight excluding hydrogens is 200 g/mol. The van der Waals surface area contributed by atoms with Gasteiger partial charge in [-0.1, -0.05) is 12.1 Å². The number of methoxy groups -OCH3 is 1. The lowest BCUT2D eigenvalue weighted by Gasteiger charge is -2.07. The van der Waals surface area contributed by atoms with Crippen molar-refractivity contribution in [3.05, 3.63) is 30.5 Å². The third kappa shape index (κ3) is 2.19. The quantitative estimate of drug-likeness (QED) is 0.619. The Balaban J connectivity index is 2.12. The second-order valence-electron chi connectivity index (χ2n) is 3.99. The molecular formula is C13H18N2O. The smallest absolute Gasteiger partial charge is 0.0713 e. The van der Waals surface area contributed by atoms with E-state index in [9.17, 15) is 0 Å². The molecule has 3 heteroatoms. The fraction of sp³-hybridized carbons (Fsp3) is 0.385. The minimum absolute atomic E-state index is 0.828. The first-order valence-electron chi connectivity index (χ1n) is 5.65. The molecule has 0 fully saturated rings. The number of rotatable bonds is 5. The Kier molecular flexibility index (Phi) is 3.47. The highest BCUT2D eigenvalue weighted by molar-refractivity contribution is 5.90. The van der Waals surface area contributed by atoms with Crippen molar-refractivity contribution in [1.29, 1.82) is 0 Å². The average Bonchev–Trinajstić information content (AvgIpc) is 2.69. The lowest BCUT2D eigenvalue weighted by Crippen LogP contribution is -2.00. The van der Waals surface area contributed by atoms with Gasteiger partial charge < -0.3 is 15.0 Å². The maximum Gasteiger partial charge on any atom is 0.0713 e. The lowest BCUT2D eigenvalue weighted by atomic mass is 10.2. The maximum absolute atomic E-state index is 5.99. The van der Waals surface area contributed by atoms with Crippen LogP contribution in [0.1, 0.15) is 12.8 Å². The number of nitrogens with two attached hydrogens (primary N) is 1. The molecule has 2 aromatic rings. The van der Waals surface area contributed by atoms with Gasteiger partial charge >= 0.3 is 0 Å². The zero-order valence-electron chi connectivity index (χ0n) is 9.65. The van der Waals surface area contributed by atoms with Gasteiger partial charge in [-0.3, -0.25) is 0 Å². The number of unbranched alkanes of at least 4 members (excludes halogenated alkanes) is 1. The fourth-order valence-electron chi connectivity index (χ4n) is 2.01. The molecule has 2 rings (SSSR count). The zero-order valence-corrected chi connectivity index (χ0v) is 9.65. The van der Waals surface area contributed by atoms with Crippen molar-refractivity contribution >= 4 is 16.6 Å². The zero-order chi connectivity index (χ0) is 11.4. The van der Waals surface area contributed by atoms with Gasteiger partial charge in [0.05, 0.1) is 11.2 Å². The van der Waals surface area contributed by atoms with Gasteiger partial charge in [0.1, 0.15) is 0 Å². The fourth-order valence-corrected chi connectivity index (χ4v) is 2.01. The van der Waals surface area contributed by atoms with Gasteiger partial charge in [-0.15, -0.1) is 0 Å². The molecule has 1 aromatic carbocycles. The molecule has 0 saturated heterocycles. The normalized spacial score (nSPS) is 11.1. The van der Waals surface area contributed by atoms with E-state index in [1.807, 2.05) is 12.1 Å². The topological polar surface area (TPSA) is 40.2 Å². The molecule has 0 atom stereocenters. The molecule has 86 valence electrons. The van der Waals surface area contributed by atoms with Crippen molar-refractivity contribution in [1.82, 2.24) is 4.57 Å². The van der Waals surface area contributed by atoms with Gasteiger partial charge in [0.15, 0.2) is 0 Å². The molecule has 0 aliphatic carbocycles. The van der Waals surface area contributed by atoms with Crippen molar-refractivity contribution in [3.8, 4) is 0 Å². The molecule has 0 saturated carbocycles.